The summed E-state index contributed by atoms with van der Waals surface area (Å²) in [6, 6.07) is -0.768. The van der Waals surface area contributed by atoms with E-state index in [0.29, 0.717) is 24.6 Å². The molecule has 4 aliphatic carbocycles. The first kappa shape index (κ1) is 20.6. The number of carbonyl (C=O) groups is 2. The number of fused-ring (bicyclic) bond motifs is 5. The Kier molecular flexibility index (Phi) is 3.92. The maximum atomic E-state index is 13.4. The summed E-state index contributed by atoms with van der Waals surface area (Å²) in [7, 11) is 0. The van der Waals surface area contributed by atoms with Crippen LogP contribution in [-0.2, 0) is 23.8 Å². The molecular formula is C24H29FO5S. The van der Waals surface area contributed by atoms with Crippen LogP contribution in [0.4, 0.5) is 4.39 Å². The Hall–Kier alpha value is -1.02. The highest BCUT2D eigenvalue weighted by molar-refractivity contribution is 8.13. The van der Waals surface area contributed by atoms with Crippen molar-refractivity contribution in [2.24, 2.45) is 22.7 Å². The van der Waals surface area contributed by atoms with Crippen LogP contribution in [0, 0.1) is 22.7 Å². The number of hydrogen-bond donors (Lipinski definition) is 0. The Morgan fingerprint density at radius 2 is 1.97 bits per heavy atom. The average Bonchev–Trinajstić information content (AvgIpc) is 3.26. The van der Waals surface area contributed by atoms with Crippen molar-refractivity contribution in [1.29, 1.82) is 0 Å². The summed E-state index contributed by atoms with van der Waals surface area (Å²) >= 11 is 0.702. The predicted octanol–water partition coefficient (Wildman–Crippen LogP) is 4.11. The van der Waals surface area contributed by atoms with Gasteiger partial charge in [-0.15, -0.1) is 0 Å². The second kappa shape index (κ2) is 5.91. The quantitative estimate of drug-likeness (QED) is 0.593. The molecule has 8 atom stereocenters. The number of epoxide rings is 1. The molecule has 5 nitrogen and oxygen atoms in total. The van der Waals surface area contributed by atoms with E-state index in [1.165, 1.54) is 0 Å². The zero-order valence-electron chi connectivity index (χ0n) is 18.4. The molecule has 2 saturated heterocycles. The molecule has 0 aromatic rings. The molecule has 7 heteroatoms. The van der Waals surface area contributed by atoms with E-state index < -0.39 is 22.8 Å². The molecule has 2 aliphatic heterocycles. The lowest BCUT2D eigenvalue weighted by molar-refractivity contribution is -0.206. The van der Waals surface area contributed by atoms with Gasteiger partial charge in [-0.3, -0.25) is 9.59 Å². The monoisotopic (exact) mass is 448 g/mol. The molecule has 31 heavy (non-hydrogen) atoms. The second-order valence-electron chi connectivity index (χ2n) is 11.0. The number of halogens is 1. The lowest BCUT2D eigenvalue weighted by atomic mass is 9.47. The number of ether oxygens (including phenoxy) is 3. The number of alkyl halides is 1. The largest absolute Gasteiger partial charge is 0.364 e. The van der Waals surface area contributed by atoms with Crippen LogP contribution in [0.3, 0.4) is 0 Å². The molecule has 6 rings (SSSR count). The van der Waals surface area contributed by atoms with E-state index in [0.717, 1.165) is 18.4 Å². The first-order chi connectivity index (χ1) is 14.5. The minimum absolute atomic E-state index is 0.0172. The van der Waals surface area contributed by atoms with Gasteiger partial charge in [-0.25, -0.2) is 4.39 Å². The predicted molar refractivity (Wildman–Crippen MR) is 113 cm³/mol. The number of carbonyl (C=O) groups excluding carboxylic acids is 2. The van der Waals surface area contributed by atoms with Gasteiger partial charge in [0, 0.05) is 10.8 Å². The Morgan fingerprint density at radius 3 is 2.71 bits per heavy atom. The smallest absolute Gasteiger partial charge is 0.226 e. The van der Waals surface area contributed by atoms with Gasteiger partial charge < -0.3 is 14.2 Å². The van der Waals surface area contributed by atoms with E-state index in [1.54, 1.807) is 12.2 Å². The third kappa shape index (κ3) is 2.20. The third-order valence-electron chi connectivity index (χ3n) is 9.42. The maximum absolute atomic E-state index is 13.4. The Labute approximate surface area is 186 Å². The second-order valence-corrected chi connectivity index (χ2v) is 11.9. The van der Waals surface area contributed by atoms with Crippen LogP contribution in [0.25, 0.3) is 0 Å². The van der Waals surface area contributed by atoms with Crippen LogP contribution in [0.2, 0.25) is 0 Å². The summed E-state index contributed by atoms with van der Waals surface area (Å²) in [4.78, 5) is 25.5. The summed E-state index contributed by atoms with van der Waals surface area (Å²) in [5.74, 6) is -0.434. The van der Waals surface area contributed by atoms with E-state index in [4.69, 9.17) is 14.2 Å². The highest BCUT2D eigenvalue weighted by Gasteiger charge is 2.84. The van der Waals surface area contributed by atoms with E-state index in [-0.39, 0.29) is 46.0 Å². The molecule has 0 amide bonds. The fourth-order valence-electron chi connectivity index (χ4n) is 8.25. The SMILES string of the molecule is CC1(C)O[C@@H]2CC3C4CCC5=CC(=O)C=CC5(C)[C@@]45O[C@@H]5CC3(C)[C@]2(C(=O)SCF)O1. The van der Waals surface area contributed by atoms with Gasteiger partial charge in [0.25, 0.3) is 0 Å². The van der Waals surface area contributed by atoms with Crippen LogP contribution >= 0.6 is 11.8 Å². The molecule has 0 N–H and O–H groups in total. The topological polar surface area (TPSA) is 65.1 Å². The standard InChI is InChI=1S/C24H29FO5S/c1-20(2)28-17-10-16-15-6-5-13-9-14(26)7-8-21(13,3)23(15)18(29-23)11-22(16,4)24(17,30-20)19(27)31-12-25/h7-9,15-18H,5-6,10-12H2,1-4H3/t15?,16?,17-,18-,21?,22?,23-,24+/m1/s1. The first-order valence-electron chi connectivity index (χ1n) is 11.3. The van der Waals surface area contributed by atoms with Crippen molar-refractivity contribution in [3.63, 3.8) is 0 Å². The highest BCUT2D eigenvalue weighted by Crippen LogP contribution is 2.77. The molecule has 168 valence electrons. The summed E-state index contributed by atoms with van der Waals surface area (Å²) in [5.41, 5.74) is -1.14. The minimum Gasteiger partial charge on any atom is -0.364 e. The molecule has 0 bridgehead atoms. The molecule has 2 heterocycles. The van der Waals surface area contributed by atoms with Crippen LogP contribution in [-0.4, -0.2) is 46.1 Å². The molecule has 6 aliphatic rings. The van der Waals surface area contributed by atoms with Crippen molar-refractivity contribution < 1.29 is 28.2 Å². The van der Waals surface area contributed by atoms with Crippen molar-refractivity contribution in [1.82, 2.24) is 0 Å². The number of allylic oxidation sites excluding steroid dienone is 2. The van der Waals surface area contributed by atoms with Crippen molar-refractivity contribution in [3.8, 4) is 0 Å². The van der Waals surface area contributed by atoms with E-state index in [9.17, 15) is 14.0 Å². The molecule has 0 aromatic carbocycles. The average molecular weight is 449 g/mol. The molecule has 5 fully saturated rings. The number of rotatable bonds is 2. The third-order valence-corrected chi connectivity index (χ3v) is 10.1. The van der Waals surface area contributed by atoms with Crippen LogP contribution in [0.5, 0.6) is 0 Å². The number of ketones is 1. The van der Waals surface area contributed by atoms with Gasteiger partial charge in [-0.1, -0.05) is 30.3 Å². The number of hydrogen-bond acceptors (Lipinski definition) is 6. The van der Waals surface area contributed by atoms with Crippen molar-refractivity contribution >= 4 is 22.7 Å². The fourth-order valence-corrected chi connectivity index (χ4v) is 8.97. The molecule has 3 saturated carbocycles. The summed E-state index contributed by atoms with van der Waals surface area (Å²) in [6.45, 7) is 8.01. The summed E-state index contributed by atoms with van der Waals surface area (Å²) in [6.07, 6.45) is 8.25. The van der Waals surface area contributed by atoms with Crippen LogP contribution in [0.15, 0.2) is 23.8 Å². The van der Waals surface area contributed by atoms with Gasteiger partial charge in [0.1, 0.15) is 11.6 Å². The van der Waals surface area contributed by atoms with Gasteiger partial charge in [0.05, 0.1) is 12.2 Å². The van der Waals surface area contributed by atoms with E-state index in [2.05, 4.69) is 13.8 Å². The van der Waals surface area contributed by atoms with E-state index in [1.807, 2.05) is 19.9 Å². The van der Waals surface area contributed by atoms with Crippen LogP contribution < -0.4 is 0 Å². The van der Waals surface area contributed by atoms with Gasteiger partial charge >= 0.3 is 0 Å². The normalized spacial score (nSPS) is 53.1. The molecule has 0 aromatic heterocycles. The Morgan fingerprint density at radius 1 is 1.19 bits per heavy atom. The van der Waals surface area contributed by atoms with Crippen molar-refractivity contribution in [2.45, 2.75) is 82.6 Å². The zero-order valence-corrected chi connectivity index (χ0v) is 19.2. The van der Waals surface area contributed by atoms with Gasteiger partial charge in [0.15, 0.2) is 17.2 Å². The fraction of sp³-hybridized carbons (Fsp3) is 0.750. The van der Waals surface area contributed by atoms with Gasteiger partial charge in [-0.05, 0) is 70.4 Å². The van der Waals surface area contributed by atoms with Crippen molar-refractivity contribution in [2.75, 3.05) is 6.01 Å². The maximum Gasteiger partial charge on any atom is 0.226 e. The van der Waals surface area contributed by atoms with Crippen molar-refractivity contribution in [3.05, 3.63) is 23.8 Å². The zero-order chi connectivity index (χ0) is 22.0. The molecule has 1 spiro atoms. The molecule has 4 unspecified atom stereocenters. The minimum atomic E-state index is -1.16. The summed E-state index contributed by atoms with van der Waals surface area (Å²) in [5, 5.41) is -0.255. The van der Waals surface area contributed by atoms with Gasteiger partial charge in [-0.2, -0.15) is 0 Å². The first-order valence-corrected chi connectivity index (χ1v) is 12.3. The summed E-state index contributed by atoms with van der Waals surface area (Å²) < 4.78 is 32.6. The Bertz CT molecular complexity index is 960. The molecule has 0 radical (unpaired) electrons. The lowest BCUT2D eigenvalue weighted by Crippen LogP contribution is -2.62. The van der Waals surface area contributed by atoms with Gasteiger partial charge in [0.2, 0.25) is 5.12 Å². The lowest BCUT2D eigenvalue weighted by Gasteiger charge is -2.55. The van der Waals surface area contributed by atoms with E-state index >= 15 is 0 Å². The number of thioether (sulfide) groups is 1. The van der Waals surface area contributed by atoms with Crippen LogP contribution in [0.1, 0.15) is 53.4 Å². The highest BCUT2D eigenvalue weighted by atomic mass is 32.2. The Balaban J connectivity index is 1.45. The molecular weight excluding hydrogens is 419 g/mol.